The first kappa shape index (κ1) is 32.8. The normalized spacial score (nSPS) is 11.4. The number of benzene rings is 1. The number of hydrogen-bond acceptors (Lipinski definition) is 8. The molecule has 0 heterocycles. The van der Waals surface area contributed by atoms with Crippen molar-refractivity contribution in [3.05, 3.63) is 30.3 Å². The maximum absolute atomic E-state index is 5.58. The van der Waals surface area contributed by atoms with Gasteiger partial charge in [0.25, 0.3) is 0 Å². The molecule has 0 fully saturated rings. The Kier molecular flexibility index (Phi) is 24.4. The number of rotatable bonds is 28. The average molecular weight is 515 g/mol. The molecule has 0 N–H and O–H groups in total. The summed E-state index contributed by atoms with van der Waals surface area (Å²) in [6.45, 7) is 13.2. The van der Waals surface area contributed by atoms with E-state index in [1.807, 2.05) is 30.3 Å². The molecule has 0 saturated carbocycles. The second-order valence-corrected chi connectivity index (χ2v) is 8.69. The van der Waals surface area contributed by atoms with E-state index in [4.69, 9.17) is 37.9 Å². The topological polar surface area (TPSA) is 73.8 Å². The molecule has 0 aliphatic rings. The van der Waals surface area contributed by atoms with E-state index >= 15 is 0 Å². The van der Waals surface area contributed by atoms with E-state index in [-0.39, 0.29) is 0 Å². The van der Waals surface area contributed by atoms with Gasteiger partial charge >= 0.3 is 0 Å². The third-order valence-corrected chi connectivity index (χ3v) is 5.04. The Balaban J connectivity index is 1.63. The predicted octanol–water partition coefficient (Wildman–Crippen LogP) is 4.40. The van der Waals surface area contributed by atoms with Crippen LogP contribution in [-0.4, -0.2) is 99.1 Å². The van der Waals surface area contributed by atoms with Crippen LogP contribution in [0.5, 0.6) is 5.75 Å². The van der Waals surface area contributed by atoms with Crippen LogP contribution in [0.1, 0.15) is 39.5 Å². The van der Waals surface area contributed by atoms with Crippen LogP contribution in [0.4, 0.5) is 0 Å². The summed E-state index contributed by atoms with van der Waals surface area (Å²) < 4.78 is 44.0. The van der Waals surface area contributed by atoms with Crippen LogP contribution in [0.15, 0.2) is 30.3 Å². The molecular formula is C28H50O8. The lowest BCUT2D eigenvalue weighted by atomic mass is 10.1. The zero-order valence-corrected chi connectivity index (χ0v) is 22.7. The van der Waals surface area contributed by atoms with Crippen molar-refractivity contribution in [2.75, 3.05) is 99.1 Å². The van der Waals surface area contributed by atoms with Gasteiger partial charge < -0.3 is 37.9 Å². The van der Waals surface area contributed by atoms with Gasteiger partial charge in [-0.1, -0.05) is 51.3 Å². The van der Waals surface area contributed by atoms with Gasteiger partial charge in [0.1, 0.15) is 12.4 Å². The largest absolute Gasteiger partial charge is 0.491 e. The Morgan fingerprint density at radius 3 is 1.25 bits per heavy atom. The summed E-state index contributed by atoms with van der Waals surface area (Å²) in [5.41, 5.74) is 0. The Morgan fingerprint density at radius 1 is 0.444 bits per heavy atom. The molecule has 0 aliphatic heterocycles. The highest BCUT2D eigenvalue weighted by Gasteiger charge is 1.97. The van der Waals surface area contributed by atoms with Gasteiger partial charge in [-0.2, -0.15) is 0 Å². The van der Waals surface area contributed by atoms with Crippen molar-refractivity contribution in [1.29, 1.82) is 0 Å². The van der Waals surface area contributed by atoms with Gasteiger partial charge in [0.05, 0.1) is 85.9 Å². The van der Waals surface area contributed by atoms with Gasteiger partial charge in [-0.25, -0.2) is 0 Å². The molecule has 0 saturated heterocycles. The summed E-state index contributed by atoms with van der Waals surface area (Å²) in [4.78, 5) is 0. The van der Waals surface area contributed by atoms with Crippen molar-refractivity contribution in [3.8, 4) is 5.75 Å². The van der Waals surface area contributed by atoms with Crippen LogP contribution in [-0.2, 0) is 33.2 Å². The quantitative estimate of drug-likeness (QED) is 0.152. The first-order chi connectivity index (χ1) is 17.8. The predicted molar refractivity (Wildman–Crippen MR) is 141 cm³/mol. The van der Waals surface area contributed by atoms with E-state index in [0.717, 1.165) is 24.7 Å². The van der Waals surface area contributed by atoms with E-state index in [9.17, 15) is 0 Å². The molecule has 0 amide bonds. The standard InChI is InChI=1S/C28H50O8/c1-27(2)9-5-4-8-12-29-13-14-30-15-16-31-17-18-32-19-20-33-21-22-34-23-24-35-25-26-36-28-10-6-3-7-11-28/h3,6-7,10-11,27H,4-5,8-9,12-26H2,1-2H3. The number of unbranched alkanes of at least 4 members (excludes halogenated alkanes) is 2. The monoisotopic (exact) mass is 514 g/mol. The molecule has 210 valence electrons. The smallest absolute Gasteiger partial charge is 0.119 e. The number of ether oxygens (including phenoxy) is 8. The molecule has 0 atom stereocenters. The van der Waals surface area contributed by atoms with Crippen molar-refractivity contribution in [3.63, 3.8) is 0 Å². The minimum absolute atomic E-state index is 0.528. The fourth-order valence-corrected chi connectivity index (χ4v) is 3.09. The minimum atomic E-state index is 0.528. The molecule has 0 bridgehead atoms. The Hall–Kier alpha value is -1.26. The fraction of sp³-hybridized carbons (Fsp3) is 0.786. The zero-order valence-electron chi connectivity index (χ0n) is 22.7. The number of para-hydroxylation sites is 1. The second-order valence-electron chi connectivity index (χ2n) is 8.69. The van der Waals surface area contributed by atoms with Gasteiger partial charge in [0.2, 0.25) is 0 Å². The molecule has 0 spiro atoms. The van der Waals surface area contributed by atoms with Crippen molar-refractivity contribution in [2.24, 2.45) is 5.92 Å². The Labute approximate surface area is 218 Å². The summed E-state index contributed by atoms with van der Waals surface area (Å²) >= 11 is 0. The lowest BCUT2D eigenvalue weighted by Crippen LogP contribution is -2.15. The third-order valence-electron chi connectivity index (χ3n) is 5.04. The van der Waals surface area contributed by atoms with Gasteiger partial charge in [-0.05, 0) is 24.5 Å². The van der Waals surface area contributed by atoms with Crippen LogP contribution in [0.2, 0.25) is 0 Å². The molecule has 0 aliphatic carbocycles. The lowest BCUT2D eigenvalue weighted by molar-refractivity contribution is -0.0213. The molecule has 0 aromatic heterocycles. The van der Waals surface area contributed by atoms with Crippen molar-refractivity contribution >= 4 is 0 Å². The molecule has 36 heavy (non-hydrogen) atoms. The zero-order chi connectivity index (χ0) is 25.8. The maximum Gasteiger partial charge on any atom is 0.119 e. The van der Waals surface area contributed by atoms with Gasteiger partial charge in [-0.15, -0.1) is 0 Å². The number of hydrogen-bond donors (Lipinski definition) is 0. The maximum atomic E-state index is 5.58. The Bertz CT molecular complexity index is 544. The lowest BCUT2D eigenvalue weighted by Gasteiger charge is -2.09. The van der Waals surface area contributed by atoms with Gasteiger partial charge in [-0.3, -0.25) is 0 Å². The van der Waals surface area contributed by atoms with E-state index in [2.05, 4.69) is 13.8 Å². The Morgan fingerprint density at radius 2 is 0.833 bits per heavy atom. The molecule has 8 nitrogen and oxygen atoms in total. The highest BCUT2D eigenvalue weighted by atomic mass is 16.6. The first-order valence-electron chi connectivity index (χ1n) is 13.5. The van der Waals surface area contributed by atoms with Crippen molar-refractivity contribution < 1.29 is 37.9 Å². The molecule has 8 heteroatoms. The van der Waals surface area contributed by atoms with Gasteiger partial charge in [0, 0.05) is 6.61 Å². The second kappa shape index (κ2) is 26.8. The molecule has 0 unspecified atom stereocenters. The first-order valence-corrected chi connectivity index (χ1v) is 13.5. The van der Waals surface area contributed by atoms with Crippen molar-refractivity contribution in [2.45, 2.75) is 39.5 Å². The fourth-order valence-electron chi connectivity index (χ4n) is 3.09. The highest BCUT2D eigenvalue weighted by Crippen LogP contribution is 2.08. The van der Waals surface area contributed by atoms with Crippen LogP contribution < -0.4 is 4.74 Å². The summed E-state index contributed by atoms with van der Waals surface area (Å²) in [5, 5.41) is 0. The third kappa shape index (κ3) is 24.4. The molecule has 0 radical (unpaired) electrons. The van der Waals surface area contributed by atoms with E-state index in [1.54, 1.807) is 0 Å². The van der Waals surface area contributed by atoms with Crippen LogP contribution in [0.25, 0.3) is 0 Å². The van der Waals surface area contributed by atoms with Crippen molar-refractivity contribution in [1.82, 2.24) is 0 Å². The van der Waals surface area contributed by atoms with E-state index < -0.39 is 0 Å². The summed E-state index contributed by atoms with van der Waals surface area (Å²) in [7, 11) is 0. The molecular weight excluding hydrogens is 464 g/mol. The summed E-state index contributed by atoms with van der Waals surface area (Å²) in [6, 6.07) is 9.70. The summed E-state index contributed by atoms with van der Waals surface area (Å²) in [5.74, 6) is 1.65. The molecule has 1 aromatic carbocycles. The highest BCUT2D eigenvalue weighted by molar-refractivity contribution is 5.20. The molecule has 1 aromatic rings. The van der Waals surface area contributed by atoms with E-state index in [0.29, 0.717) is 92.5 Å². The van der Waals surface area contributed by atoms with Crippen LogP contribution in [0.3, 0.4) is 0 Å². The van der Waals surface area contributed by atoms with E-state index in [1.165, 1.54) is 19.3 Å². The average Bonchev–Trinajstić information content (AvgIpc) is 2.88. The van der Waals surface area contributed by atoms with Crippen LogP contribution >= 0.6 is 0 Å². The van der Waals surface area contributed by atoms with Crippen LogP contribution in [0, 0.1) is 5.92 Å². The molecule has 1 rings (SSSR count). The summed E-state index contributed by atoms with van der Waals surface area (Å²) in [6.07, 6.45) is 4.99. The van der Waals surface area contributed by atoms with Gasteiger partial charge in [0.15, 0.2) is 0 Å². The minimum Gasteiger partial charge on any atom is -0.491 e. The SMILES string of the molecule is CC(C)CCCCCOCCOCCOCCOCCOCCOCCOCCOc1ccccc1.